The van der Waals surface area contributed by atoms with E-state index in [1.54, 1.807) is 0 Å². The van der Waals surface area contributed by atoms with E-state index in [0.717, 1.165) is 4.57 Å². The first-order chi connectivity index (χ1) is 15.6. The number of rotatable bonds is 2. The van der Waals surface area contributed by atoms with Gasteiger partial charge < -0.3 is 64.7 Å². The maximum absolute atomic E-state index is 11.8. The average Bonchev–Trinajstić information content (AvgIpc) is 2.97. The molecule has 0 saturated carbocycles. The summed E-state index contributed by atoms with van der Waals surface area (Å²) in [5.74, 6) is 5.08. The highest BCUT2D eigenvalue weighted by atomic mass is 31.2. The molecule has 23 heteroatoms. The Bertz CT molecular complexity index is 1030. The zero-order valence-corrected chi connectivity index (χ0v) is 19.8. The van der Waals surface area contributed by atoms with E-state index in [1.165, 1.54) is 6.20 Å². The Hall–Kier alpha value is -1.59. The van der Waals surface area contributed by atoms with E-state index in [9.17, 15) is 14.7 Å². The average molecular weight is 575 g/mol. The number of phosphoric acid groups is 3. The van der Waals surface area contributed by atoms with Gasteiger partial charge in [-0.25, -0.2) is 18.5 Å². The van der Waals surface area contributed by atoms with Crippen LogP contribution in [0, 0.1) is 11.8 Å². The van der Waals surface area contributed by atoms with E-state index in [4.69, 9.17) is 73.3 Å². The lowest BCUT2D eigenvalue weighted by molar-refractivity contribution is -0.0459. The fraction of sp³-hybridized carbons (Fsp3) is 0.500. The SMILES string of the molecule is NCC#Cc1cn([C@H]2C[C@H](O)[C@@H](CO)O2)c(=O)[nH]c1=O.O=P(O)(O)O.O=P(O)(O)O.O=P(O)(O)O. The first kappa shape index (κ1) is 35.6. The van der Waals surface area contributed by atoms with Crippen molar-refractivity contribution in [2.24, 2.45) is 5.73 Å². The molecule has 20 nitrogen and oxygen atoms in total. The lowest BCUT2D eigenvalue weighted by atomic mass is 10.2. The number of hydrogen-bond acceptors (Lipinski definition) is 9. The molecule has 1 aromatic rings. The third-order valence-electron chi connectivity index (χ3n) is 2.99. The highest BCUT2D eigenvalue weighted by molar-refractivity contribution is 7.45. The summed E-state index contributed by atoms with van der Waals surface area (Å²) in [6.07, 6.45) is -0.980. The first-order valence-corrected chi connectivity index (χ1v) is 13.1. The summed E-state index contributed by atoms with van der Waals surface area (Å²) < 4.78 is 33.1. The lowest BCUT2D eigenvalue weighted by Crippen LogP contribution is -2.33. The van der Waals surface area contributed by atoms with Gasteiger partial charge in [-0.1, -0.05) is 11.8 Å². The molecule has 0 aromatic carbocycles. The molecule has 2 rings (SSSR count). The number of aromatic nitrogens is 2. The van der Waals surface area contributed by atoms with Gasteiger partial charge in [0.05, 0.1) is 19.3 Å². The minimum atomic E-state index is -4.64. The molecule has 2 heterocycles. The van der Waals surface area contributed by atoms with Crippen molar-refractivity contribution in [1.82, 2.24) is 9.55 Å². The number of H-pyrrole nitrogens is 1. The second kappa shape index (κ2) is 15.5. The number of aliphatic hydroxyl groups excluding tert-OH is 2. The highest BCUT2D eigenvalue weighted by Crippen LogP contribution is 2.27. The largest absolute Gasteiger partial charge is 0.466 e. The van der Waals surface area contributed by atoms with E-state index in [2.05, 4.69) is 16.8 Å². The molecular formula is C12H24N3O17P3. The van der Waals surface area contributed by atoms with Gasteiger partial charge in [0, 0.05) is 12.6 Å². The van der Waals surface area contributed by atoms with Crippen LogP contribution in [0.1, 0.15) is 18.2 Å². The second-order valence-corrected chi connectivity index (χ2v) is 8.95. The van der Waals surface area contributed by atoms with Crippen molar-refractivity contribution in [2.45, 2.75) is 24.9 Å². The van der Waals surface area contributed by atoms with Gasteiger partial charge in [-0.2, -0.15) is 0 Å². The molecule has 0 spiro atoms. The van der Waals surface area contributed by atoms with Crippen LogP contribution in [-0.4, -0.2) is 89.2 Å². The molecule has 1 aliphatic rings. The van der Waals surface area contributed by atoms with Crippen molar-refractivity contribution in [3.8, 4) is 11.8 Å². The molecule has 0 aliphatic carbocycles. The van der Waals surface area contributed by atoms with E-state index in [0.29, 0.717) is 0 Å². The second-order valence-electron chi connectivity index (χ2n) is 5.87. The van der Waals surface area contributed by atoms with E-state index in [1.807, 2.05) is 0 Å². The molecule has 1 fully saturated rings. The molecule has 204 valence electrons. The van der Waals surface area contributed by atoms with Gasteiger partial charge in [-0.3, -0.25) is 14.3 Å². The summed E-state index contributed by atoms with van der Waals surface area (Å²) in [5, 5.41) is 18.7. The summed E-state index contributed by atoms with van der Waals surface area (Å²) in [4.78, 5) is 90.1. The third-order valence-corrected chi connectivity index (χ3v) is 2.99. The fourth-order valence-corrected chi connectivity index (χ4v) is 1.98. The smallest absolute Gasteiger partial charge is 0.394 e. The minimum Gasteiger partial charge on any atom is -0.394 e. The van der Waals surface area contributed by atoms with Gasteiger partial charge in [0.1, 0.15) is 17.9 Å². The number of nitrogens with zero attached hydrogens (tertiary/aromatic N) is 1. The van der Waals surface area contributed by atoms with Crippen LogP contribution in [0.25, 0.3) is 0 Å². The Labute approximate surface area is 194 Å². The number of nitrogens with two attached hydrogens (primary N) is 1. The molecule has 0 amide bonds. The van der Waals surface area contributed by atoms with Crippen molar-refractivity contribution in [3.05, 3.63) is 32.6 Å². The van der Waals surface area contributed by atoms with Gasteiger partial charge in [0.15, 0.2) is 0 Å². The zero-order chi connectivity index (χ0) is 28.2. The maximum atomic E-state index is 11.8. The predicted octanol–water partition coefficient (Wildman–Crippen LogP) is -5.30. The van der Waals surface area contributed by atoms with Gasteiger partial charge in [0.2, 0.25) is 0 Å². The molecule has 3 atom stereocenters. The molecule has 0 radical (unpaired) electrons. The monoisotopic (exact) mass is 575 g/mol. The fourth-order valence-electron chi connectivity index (χ4n) is 1.98. The topological polar surface area (TPSA) is 364 Å². The normalized spacial score (nSPS) is 19.5. The van der Waals surface area contributed by atoms with Crippen LogP contribution < -0.4 is 17.0 Å². The molecule has 1 saturated heterocycles. The molecule has 0 bridgehead atoms. The molecule has 1 aromatic heterocycles. The minimum absolute atomic E-state index is 0.0839. The summed E-state index contributed by atoms with van der Waals surface area (Å²) in [7, 11) is -13.9. The van der Waals surface area contributed by atoms with Crippen LogP contribution in [0.4, 0.5) is 0 Å². The maximum Gasteiger partial charge on any atom is 0.466 e. The summed E-state index contributed by atoms with van der Waals surface area (Å²) in [5.41, 5.74) is 4.05. The van der Waals surface area contributed by atoms with Crippen molar-refractivity contribution in [2.75, 3.05) is 13.2 Å². The lowest BCUT2D eigenvalue weighted by Gasteiger charge is -2.14. The van der Waals surface area contributed by atoms with E-state index < -0.39 is 53.2 Å². The van der Waals surface area contributed by atoms with Crippen molar-refractivity contribution in [3.63, 3.8) is 0 Å². The Morgan fingerprint density at radius 1 is 1.00 bits per heavy atom. The van der Waals surface area contributed by atoms with Crippen molar-refractivity contribution in [1.29, 1.82) is 0 Å². The quantitative estimate of drug-likeness (QED) is 0.116. The Balaban J connectivity index is 0. The summed E-state index contributed by atoms with van der Waals surface area (Å²) in [6.45, 7) is -0.264. The molecule has 1 aliphatic heterocycles. The van der Waals surface area contributed by atoms with Crippen molar-refractivity contribution < 1.29 is 72.7 Å². The number of nitrogens with one attached hydrogen (secondary N) is 1. The van der Waals surface area contributed by atoms with Crippen LogP contribution in [0.2, 0.25) is 0 Å². The van der Waals surface area contributed by atoms with Crippen LogP contribution in [0.3, 0.4) is 0 Å². The Morgan fingerprint density at radius 3 is 1.77 bits per heavy atom. The third kappa shape index (κ3) is 22.6. The van der Waals surface area contributed by atoms with Crippen LogP contribution in [-0.2, 0) is 18.4 Å². The van der Waals surface area contributed by atoms with Crippen LogP contribution >= 0.6 is 23.5 Å². The predicted molar refractivity (Wildman–Crippen MR) is 112 cm³/mol. The molecule has 35 heavy (non-hydrogen) atoms. The van der Waals surface area contributed by atoms with Crippen LogP contribution in [0.5, 0.6) is 0 Å². The molecular weight excluding hydrogens is 551 g/mol. The molecule has 0 unspecified atom stereocenters. The summed E-state index contributed by atoms with van der Waals surface area (Å²) in [6, 6.07) is 0. The van der Waals surface area contributed by atoms with Crippen LogP contribution in [0.15, 0.2) is 15.8 Å². The Morgan fingerprint density at radius 2 is 1.43 bits per heavy atom. The van der Waals surface area contributed by atoms with Gasteiger partial charge in [0.25, 0.3) is 5.56 Å². The van der Waals surface area contributed by atoms with Gasteiger partial charge in [-0.15, -0.1) is 0 Å². The van der Waals surface area contributed by atoms with E-state index in [-0.39, 0.29) is 25.1 Å². The first-order valence-electron chi connectivity index (χ1n) is 8.40. The van der Waals surface area contributed by atoms with Gasteiger partial charge in [-0.05, 0) is 0 Å². The highest BCUT2D eigenvalue weighted by Gasteiger charge is 2.35. The molecule has 14 N–H and O–H groups in total. The number of hydrogen-bond donors (Lipinski definition) is 13. The van der Waals surface area contributed by atoms with Crippen molar-refractivity contribution >= 4 is 23.5 Å². The number of ether oxygens (including phenoxy) is 1. The standard InChI is InChI=1S/C12H15N3O5.3H3O4P/c13-3-1-2-7-5-15(12(19)14-11(7)18)10-4-8(17)9(6-16)20-10;3*1-5(2,3)4/h5,8-10,16-17H,3-4,6,13H2,(H,14,18,19);3*(H3,1,2,3,4)/t8-,9+,10+;;;/m0.../s1. The van der Waals surface area contributed by atoms with Gasteiger partial charge >= 0.3 is 29.2 Å². The summed E-state index contributed by atoms with van der Waals surface area (Å²) >= 11 is 0. The van der Waals surface area contributed by atoms with E-state index >= 15 is 0 Å². The number of aromatic amines is 1. The zero-order valence-electron chi connectivity index (χ0n) is 17.2. The Kier molecular flexibility index (Phi) is 15.8. The number of aliphatic hydroxyl groups is 2.